The van der Waals surface area contributed by atoms with E-state index in [2.05, 4.69) is 4.98 Å². The second kappa shape index (κ2) is 6.04. The van der Waals surface area contributed by atoms with Gasteiger partial charge in [-0.05, 0) is 35.6 Å². The molecule has 0 saturated carbocycles. The molecule has 0 aliphatic carbocycles. The number of hydrogen-bond acceptors (Lipinski definition) is 3. The summed E-state index contributed by atoms with van der Waals surface area (Å²) in [6.07, 6.45) is 4.67. The van der Waals surface area contributed by atoms with Crippen LogP contribution in [0.25, 0.3) is 16.5 Å². The summed E-state index contributed by atoms with van der Waals surface area (Å²) in [5, 5.41) is 3.59. The van der Waals surface area contributed by atoms with Crippen LogP contribution < -0.4 is 0 Å². The maximum atomic E-state index is 12.6. The standard InChI is InChI=1S/C17H15ClN2O2S2/c18-13-3-4-14-15(11-19-16(14)10-13)12-5-7-20(8-6-12)24(21,22)17-2-1-9-23-17/h1-5,9-11,19H,6-8H2. The Kier molecular flexibility index (Phi) is 4.00. The molecular formula is C17H15ClN2O2S2. The van der Waals surface area contributed by atoms with Crippen molar-refractivity contribution in [3.8, 4) is 0 Å². The van der Waals surface area contributed by atoms with Crippen LogP contribution in [0.15, 0.2) is 52.2 Å². The molecule has 3 aromatic rings. The fourth-order valence-corrected chi connectivity index (χ4v) is 5.71. The molecule has 0 amide bonds. The van der Waals surface area contributed by atoms with Crippen molar-refractivity contribution in [3.63, 3.8) is 0 Å². The molecule has 2 aromatic heterocycles. The molecule has 3 heterocycles. The number of benzene rings is 1. The number of thiophene rings is 1. The van der Waals surface area contributed by atoms with Gasteiger partial charge in [0, 0.05) is 40.8 Å². The molecule has 124 valence electrons. The van der Waals surface area contributed by atoms with Crippen LogP contribution in [0.3, 0.4) is 0 Å². The molecule has 0 atom stereocenters. The third-order valence-corrected chi connectivity index (χ3v) is 7.72. The lowest BCUT2D eigenvalue weighted by Crippen LogP contribution is -2.34. The topological polar surface area (TPSA) is 53.2 Å². The zero-order valence-corrected chi connectivity index (χ0v) is 15.1. The van der Waals surface area contributed by atoms with Gasteiger partial charge < -0.3 is 4.98 Å². The van der Waals surface area contributed by atoms with E-state index in [1.807, 2.05) is 30.5 Å². The first-order chi connectivity index (χ1) is 11.6. The number of H-pyrrole nitrogens is 1. The smallest absolute Gasteiger partial charge is 0.252 e. The third kappa shape index (κ3) is 2.69. The maximum Gasteiger partial charge on any atom is 0.252 e. The highest BCUT2D eigenvalue weighted by Gasteiger charge is 2.27. The van der Waals surface area contributed by atoms with Gasteiger partial charge in [-0.15, -0.1) is 11.3 Å². The largest absolute Gasteiger partial charge is 0.361 e. The summed E-state index contributed by atoms with van der Waals surface area (Å²) < 4.78 is 27.1. The normalized spacial score (nSPS) is 16.5. The fourth-order valence-electron chi connectivity index (χ4n) is 3.02. The fraction of sp³-hybridized carbons (Fsp3) is 0.176. The Morgan fingerprint density at radius 2 is 2.12 bits per heavy atom. The first-order valence-electron chi connectivity index (χ1n) is 7.55. The van der Waals surface area contributed by atoms with Crippen molar-refractivity contribution in [2.75, 3.05) is 13.1 Å². The van der Waals surface area contributed by atoms with E-state index in [0.717, 1.165) is 16.5 Å². The van der Waals surface area contributed by atoms with E-state index in [1.54, 1.807) is 17.5 Å². The van der Waals surface area contributed by atoms with Gasteiger partial charge in [-0.2, -0.15) is 4.31 Å². The van der Waals surface area contributed by atoms with Gasteiger partial charge >= 0.3 is 0 Å². The highest BCUT2D eigenvalue weighted by Crippen LogP contribution is 2.32. The Morgan fingerprint density at radius 3 is 2.83 bits per heavy atom. The zero-order valence-electron chi connectivity index (χ0n) is 12.7. The highest BCUT2D eigenvalue weighted by atomic mass is 35.5. The SMILES string of the molecule is O=S(=O)(c1cccs1)N1CC=C(c2c[nH]c3cc(Cl)ccc23)CC1. The summed E-state index contributed by atoms with van der Waals surface area (Å²) in [7, 11) is -3.38. The quantitative estimate of drug-likeness (QED) is 0.736. The van der Waals surface area contributed by atoms with E-state index >= 15 is 0 Å². The Labute approximate surface area is 149 Å². The molecule has 0 unspecified atom stereocenters. The number of aromatic nitrogens is 1. The Bertz CT molecular complexity index is 1020. The van der Waals surface area contributed by atoms with Gasteiger partial charge in [-0.1, -0.05) is 29.8 Å². The number of sulfonamides is 1. The summed E-state index contributed by atoms with van der Waals surface area (Å²) in [5.41, 5.74) is 3.28. The highest BCUT2D eigenvalue weighted by molar-refractivity contribution is 7.91. The lowest BCUT2D eigenvalue weighted by Gasteiger charge is -2.25. The lowest BCUT2D eigenvalue weighted by molar-refractivity contribution is 0.443. The molecule has 1 N–H and O–H groups in total. The van der Waals surface area contributed by atoms with Gasteiger partial charge in [-0.3, -0.25) is 0 Å². The van der Waals surface area contributed by atoms with Crippen LogP contribution in [0.2, 0.25) is 5.02 Å². The van der Waals surface area contributed by atoms with E-state index < -0.39 is 10.0 Å². The number of halogens is 1. The number of nitrogens with one attached hydrogen (secondary N) is 1. The summed E-state index contributed by atoms with van der Waals surface area (Å²) >= 11 is 7.28. The van der Waals surface area contributed by atoms with Gasteiger partial charge in [0.05, 0.1) is 0 Å². The van der Waals surface area contributed by atoms with Gasteiger partial charge in [0.15, 0.2) is 0 Å². The number of aromatic amines is 1. The first kappa shape index (κ1) is 15.9. The van der Waals surface area contributed by atoms with Crippen molar-refractivity contribution in [1.82, 2.24) is 9.29 Å². The minimum atomic E-state index is -3.38. The predicted molar refractivity (Wildman–Crippen MR) is 99.0 cm³/mol. The van der Waals surface area contributed by atoms with Crippen molar-refractivity contribution in [2.45, 2.75) is 10.6 Å². The predicted octanol–water partition coefficient (Wildman–Crippen LogP) is 4.36. The van der Waals surface area contributed by atoms with Gasteiger partial charge in [-0.25, -0.2) is 8.42 Å². The number of rotatable bonds is 3. The van der Waals surface area contributed by atoms with E-state index in [-0.39, 0.29) is 0 Å². The van der Waals surface area contributed by atoms with Crippen LogP contribution in [0.5, 0.6) is 0 Å². The minimum absolute atomic E-state index is 0.399. The summed E-state index contributed by atoms with van der Waals surface area (Å²) in [6.45, 7) is 0.891. The van der Waals surface area contributed by atoms with Crippen LogP contribution in [-0.4, -0.2) is 30.8 Å². The van der Waals surface area contributed by atoms with Crippen molar-refractivity contribution < 1.29 is 8.42 Å². The van der Waals surface area contributed by atoms with Crippen LogP contribution in [0.4, 0.5) is 0 Å². The Balaban J connectivity index is 1.63. The van der Waals surface area contributed by atoms with Crippen molar-refractivity contribution in [1.29, 1.82) is 0 Å². The monoisotopic (exact) mass is 378 g/mol. The van der Waals surface area contributed by atoms with Crippen molar-refractivity contribution >= 4 is 49.4 Å². The number of hydrogen-bond donors (Lipinski definition) is 1. The Hall–Kier alpha value is -1.60. The van der Waals surface area contributed by atoms with E-state index in [1.165, 1.54) is 21.2 Å². The van der Waals surface area contributed by atoms with Crippen LogP contribution in [0, 0.1) is 0 Å². The van der Waals surface area contributed by atoms with Crippen molar-refractivity contribution in [3.05, 3.63) is 58.6 Å². The molecule has 24 heavy (non-hydrogen) atoms. The number of fused-ring (bicyclic) bond motifs is 1. The first-order valence-corrected chi connectivity index (χ1v) is 10.3. The molecule has 4 rings (SSSR count). The molecule has 1 aromatic carbocycles. The molecule has 0 bridgehead atoms. The van der Waals surface area contributed by atoms with Crippen LogP contribution >= 0.6 is 22.9 Å². The minimum Gasteiger partial charge on any atom is -0.361 e. The van der Waals surface area contributed by atoms with Crippen LogP contribution in [0.1, 0.15) is 12.0 Å². The average molecular weight is 379 g/mol. The van der Waals surface area contributed by atoms with E-state index in [4.69, 9.17) is 11.6 Å². The van der Waals surface area contributed by atoms with Gasteiger partial charge in [0.25, 0.3) is 10.0 Å². The van der Waals surface area contributed by atoms with E-state index in [0.29, 0.717) is 28.7 Å². The number of nitrogens with zero attached hydrogens (tertiary/aromatic N) is 1. The second-order valence-electron chi connectivity index (χ2n) is 5.67. The third-order valence-electron chi connectivity index (χ3n) is 4.25. The second-order valence-corrected chi connectivity index (χ2v) is 9.22. The lowest BCUT2D eigenvalue weighted by atomic mass is 10.00. The molecule has 7 heteroatoms. The van der Waals surface area contributed by atoms with Gasteiger partial charge in [0.1, 0.15) is 4.21 Å². The van der Waals surface area contributed by atoms with Crippen molar-refractivity contribution in [2.24, 2.45) is 0 Å². The Morgan fingerprint density at radius 1 is 1.25 bits per heavy atom. The molecular weight excluding hydrogens is 364 g/mol. The molecule has 0 fully saturated rings. The molecule has 1 aliphatic rings. The molecule has 1 aliphatic heterocycles. The maximum absolute atomic E-state index is 12.6. The molecule has 0 saturated heterocycles. The average Bonchev–Trinajstić information content (AvgIpc) is 3.24. The summed E-state index contributed by atoms with van der Waals surface area (Å²) in [4.78, 5) is 3.23. The van der Waals surface area contributed by atoms with Gasteiger partial charge in [0.2, 0.25) is 0 Å². The van der Waals surface area contributed by atoms with E-state index in [9.17, 15) is 8.42 Å². The molecule has 0 radical (unpaired) electrons. The summed E-state index contributed by atoms with van der Waals surface area (Å²) in [6, 6.07) is 9.19. The molecule has 4 nitrogen and oxygen atoms in total. The summed E-state index contributed by atoms with van der Waals surface area (Å²) in [5.74, 6) is 0. The molecule has 0 spiro atoms. The zero-order chi connectivity index (χ0) is 16.7. The van der Waals surface area contributed by atoms with Crippen LogP contribution in [-0.2, 0) is 10.0 Å².